The molecule has 5 heterocycles. The van der Waals surface area contributed by atoms with E-state index < -0.39 is 24.3 Å². The summed E-state index contributed by atoms with van der Waals surface area (Å²) in [7, 11) is 0. The number of carboxylic acid groups (broad SMARTS) is 2. The van der Waals surface area contributed by atoms with Gasteiger partial charge in [-0.1, -0.05) is 0 Å². The molecular weight excluding hydrogens is 694 g/mol. The minimum atomic E-state index is -5.08. The monoisotopic (exact) mass is 720 g/mol. The Hall–Kier alpha value is -6.18. The number of aliphatic carboxylic acids is 2. The van der Waals surface area contributed by atoms with E-state index in [1.807, 2.05) is 48.7 Å². The van der Waals surface area contributed by atoms with E-state index >= 15 is 0 Å². The molecule has 0 unspecified atom stereocenters. The Morgan fingerprint density at radius 1 is 0.902 bits per heavy atom. The number of rotatable bonds is 5. The lowest BCUT2D eigenvalue weighted by Crippen LogP contribution is -2.29. The zero-order valence-electron chi connectivity index (χ0n) is 25.9. The van der Waals surface area contributed by atoms with E-state index in [9.17, 15) is 26.3 Å². The van der Waals surface area contributed by atoms with Crippen molar-refractivity contribution in [3.63, 3.8) is 0 Å². The van der Waals surface area contributed by atoms with E-state index in [4.69, 9.17) is 34.7 Å². The zero-order valence-corrected chi connectivity index (χ0v) is 25.9. The molecule has 1 saturated heterocycles. The van der Waals surface area contributed by atoms with Gasteiger partial charge in [0.15, 0.2) is 5.58 Å². The normalized spacial score (nSPS) is 13.6. The van der Waals surface area contributed by atoms with Gasteiger partial charge in [-0.25, -0.2) is 19.6 Å². The third-order valence-electron chi connectivity index (χ3n) is 7.26. The second-order valence-electron chi connectivity index (χ2n) is 10.8. The lowest BCUT2D eigenvalue weighted by Gasteiger charge is -2.22. The highest BCUT2D eigenvalue weighted by atomic mass is 19.4. The molecule has 0 atom stereocenters. The molecule has 1 fully saturated rings. The number of carbonyl (C=O) groups is 2. The number of nitrogens with zero attached hydrogens (tertiary/aromatic N) is 5. The first-order chi connectivity index (χ1) is 24.1. The number of carboxylic acids is 2. The zero-order chi connectivity index (χ0) is 36.9. The smallest absolute Gasteiger partial charge is 0.475 e. The maximum absolute atomic E-state index is 10.6. The fraction of sp³-hybridized carbons (Fsp3) is 0.226. The minimum Gasteiger partial charge on any atom is -0.475 e. The van der Waals surface area contributed by atoms with Crippen LogP contribution in [0.3, 0.4) is 0 Å². The van der Waals surface area contributed by atoms with E-state index in [0.717, 1.165) is 48.0 Å². The molecule has 6 N–H and O–H groups in total. The molecule has 268 valence electrons. The molecular formula is C31H26F6N8O6. The van der Waals surface area contributed by atoms with Crippen LogP contribution in [0.2, 0.25) is 0 Å². The molecule has 0 radical (unpaired) electrons. The molecule has 4 aromatic heterocycles. The maximum atomic E-state index is 10.6. The summed E-state index contributed by atoms with van der Waals surface area (Å²) in [5, 5.41) is 30.3. The predicted molar refractivity (Wildman–Crippen MR) is 168 cm³/mol. The third kappa shape index (κ3) is 9.09. The molecule has 0 spiro atoms. The number of hydrogen-bond acceptors (Lipinski definition) is 10. The summed E-state index contributed by atoms with van der Waals surface area (Å²) in [6.45, 7) is 2.02. The van der Waals surface area contributed by atoms with Crippen LogP contribution in [0.4, 0.5) is 32.2 Å². The van der Waals surface area contributed by atoms with Crippen LogP contribution in [0.25, 0.3) is 44.6 Å². The number of oxazole rings is 1. The van der Waals surface area contributed by atoms with Crippen LogP contribution < -0.4 is 15.8 Å². The Labute approximate surface area is 281 Å². The fourth-order valence-electron chi connectivity index (χ4n) is 4.76. The molecule has 1 aliphatic heterocycles. The van der Waals surface area contributed by atoms with Gasteiger partial charge in [-0.2, -0.15) is 36.5 Å². The van der Waals surface area contributed by atoms with Crippen LogP contribution >= 0.6 is 0 Å². The van der Waals surface area contributed by atoms with Gasteiger partial charge in [0, 0.05) is 41.0 Å². The van der Waals surface area contributed by atoms with Crippen molar-refractivity contribution in [3.8, 4) is 34.1 Å². The standard InChI is InChI=1S/C27H24N8O2.2C2HF3O2/c28-26-22(9-17(12-30-26)18-14-32-35(15-18)19-5-7-29-8-6-19)27-33-23-4-3-21(11-25(23)37-27)36-20-2-1-16-13-31-34-24(16)10-20;2*3-2(4,5)1(6)7/h1-4,9-15,19,29H,5-8H2,(H2,28,30)(H,31,34);2*(H,6,7). The number of nitrogen functional groups attached to an aromatic ring is 1. The van der Waals surface area contributed by atoms with Gasteiger partial charge in [0.25, 0.3) is 0 Å². The van der Waals surface area contributed by atoms with Crippen molar-refractivity contribution in [2.75, 3.05) is 18.8 Å². The Morgan fingerprint density at radius 2 is 1.55 bits per heavy atom. The SMILES string of the molecule is Nc1ncc(-c2cnn(C3CCNCC3)c2)cc1-c1nc2ccc(Oc3ccc4cn[nH]c4c3)cc2o1.O=C(O)C(F)(F)F.O=C(O)C(F)(F)F. The predicted octanol–water partition coefficient (Wildman–Crippen LogP) is 6.20. The van der Waals surface area contributed by atoms with Crippen molar-refractivity contribution >= 4 is 39.8 Å². The van der Waals surface area contributed by atoms with Gasteiger partial charge in [-0.3, -0.25) is 9.78 Å². The first-order valence-electron chi connectivity index (χ1n) is 14.7. The number of aromatic amines is 1. The van der Waals surface area contributed by atoms with Gasteiger partial charge in [-0.05, 0) is 56.3 Å². The number of nitrogens with two attached hydrogens (primary N) is 1. The first kappa shape index (κ1) is 36.1. The summed E-state index contributed by atoms with van der Waals surface area (Å²) >= 11 is 0. The molecule has 1 aliphatic rings. The van der Waals surface area contributed by atoms with Crippen LogP contribution in [0.1, 0.15) is 18.9 Å². The van der Waals surface area contributed by atoms with Crippen LogP contribution in [-0.4, -0.2) is 77.5 Å². The van der Waals surface area contributed by atoms with Gasteiger partial charge in [0.2, 0.25) is 5.89 Å². The van der Waals surface area contributed by atoms with Crippen molar-refractivity contribution in [3.05, 3.63) is 67.3 Å². The van der Waals surface area contributed by atoms with Crippen molar-refractivity contribution < 1.29 is 55.3 Å². The molecule has 0 bridgehead atoms. The van der Waals surface area contributed by atoms with Gasteiger partial charge < -0.3 is 30.4 Å². The molecule has 0 amide bonds. The highest BCUT2D eigenvalue weighted by Gasteiger charge is 2.38. The molecule has 20 heteroatoms. The minimum absolute atomic E-state index is 0.352. The Bertz CT molecular complexity index is 2130. The highest BCUT2D eigenvalue weighted by molar-refractivity contribution is 5.82. The Balaban J connectivity index is 0.000000307. The van der Waals surface area contributed by atoms with E-state index in [1.165, 1.54) is 0 Å². The number of halogens is 6. The van der Waals surface area contributed by atoms with Gasteiger partial charge in [-0.15, -0.1) is 0 Å². The van der Waals surface area contributed by atoms with Crippen LogP contribution in [-0.2, 0) is 9.59 Å². The van der Waals surface area contributed by atoms with Crippen LogP contribution in [0.5, 0.6) is 11.5 Å². The van der Waals surface area contributed by atoms with Crippen LogP contribution in [0, 0.1) is 0 Å². The van der Waals surface area contributed by atoms with Gasteiger partial charge in [0.05, 0.1) is 29.5 Å². The Morgan fingerprint density at radius 3 is 2.22 bits per heavy atom. The van der Waals surface area contributed by atoms with Crippen LogP contribution in [0.15, 0.2) is 71.7 Å². The van der Waals surface area contributed by atoms with Gasteiger partial charge in [0.1, 0.15) is 22.8 Å². The quantitative estimate of drug-likeness (QED) is 0.126. The van der Waals surface area contributed by atoms with Crippen molar-refractivity contribution in [2.45, 2.75) is 31.2 Å². The number of alkyl halides is 6. The molecule has 0 saturated carbocycles. The second kappa shape index (κ2) is 14.7. The molecule has 14 nitrogen and oxygen atoms in total. The summed E-state index contributed by atoms with van der Waals surface area (Å²) in [6.07, 6.45) is -0.554. The number of nitrogens with one attached hydrogen (secondary N) is 2. The molecule has 2 aromatic carbocycles. The first-order valence-corrected chi connectivity index (χ1v) is 14.7. The number of ether oxygens (including phenoxy) is 1. The number of piperidine rings is 1. The highest BCUT2D eigenvalue weighted by Crippen LogP contribution is 2.34. The third-order valence-corrected chi connectivity index (χ3v) is 7.26. The number of pyridine rings is 1. The Kier molecular flexibility index (Phi) is 10.4. The molecule has 6 aromatic rings. The number of anilines is 1. The largest absolute Gasteiger partial charge is 0.490 e. The van der Waals surface area contributed by atoms with E-state index in [2.05, 4.69) is 41.5 Å². The maximum Gasteiger partial charge on any atom is 0.490 e. The number of H-pyrrole nitrogens is 1. The number of hydrogen-bond donors (Lipinski definition) is 5. The summed E-state index contributed by atoms with van der Waals surface area (Å²) in [5.74, 6) is -3.42. The number of fused-ring (bicyclic) bond motifs is 2. The lowest BCUT2D eigenvalue weighted by molar-refractivity contribution is -0.193. The topological polar surface area (TPSA) is 207 Å². The summed E-state index contributed by atoms with van der Waals surface area (Å²) < 4.78 is 77.7. The average molecular weight is 721 g/mol. The van der Waals surface area contributed by atoms with E-state index in [-0.39, 0.29) is 0 Å². The fourth-order valence-corrected chi connectivity index (χ4v) is 4.76. The van der Waals surface area contributed by atoms with E-state index in [1.54, 1.807) is 12.4 Å². The summed E-state index contributed by atoms with van der Waals surface area (Å²) in [5.41, 5.74) is 11.0. The van der Waals surface area contributed by atoms with E-state index in [0.29, 0.717) is 45.9 Å². The number of benzene rings is 2. The molecule has 51 heavy (non-hydrogen) atoms. The molecule has 0 aliphatic carbocycles. The number of aromatic nitrogens is 6. The van der Waals surface area contributed by atoms with Gasteiger partial charge >= 0.3 is 24.3 Å². The van der Waals surface area contributed by atoms with Crippen molar-refractivity contribution in [1.29, 1.82) is 0 Å². The summed E-state index contributed by atoms with van der Waals surface area (Å²) in [6, 6.07) is 13.7. The lowest BCUT2D eigenvalue weighted by atomic mass is 10.1. The average Bonchev–Trinajstić information content (AvgIpc) is 3.85. The summed E-state index contributed by atoms with van der Waals surface area (Å²) in [4.78, 5) is 26.9. The molecule has 7 rings (SSSR count). The second-order valence-corrected chi connectivity index (χ2v) is 10.8. The van der Waals surface area contributed by atoms with Crippen molar-refractivity contribution in [2.24, 2.45) is 0 Å². The van der Waals surface area contributed by atoms with Crippen molar-refractivity contribution in [1.82, 2.24) is 35.3 Å².